The van der Waals surface area contributed by atoms with Crippen LogP contribution >= 0.6 is 0 Å². The van der Waals surface area contributed by atoms with Gasteiger partial charge in [0.05, 0.1) is 23.4 Å². The standard InChI is InChI=1S/C24H26N2O2/c1-3-28-19-13-11-18(12-14-19)23-16-21(20-9-4-5-10-22(20)25-23)24(27)26-15-7-6-8-17(26)2/h4-5,9-14,16-17H,3,6-8,15H2,1-2H3/t17-/m0/s1. The van der Waals surface area contributed by atoms with Crippen LogP contribution in [0.1, 0.15) is 43.5 Å². The van der Waals surface area contributed by atoms with Crippen LogP contribution in [-0.2, 0) is 0 Å². The van der Waals surface area contributed by atoms with Crippen LogP contribution < -0.4 is 4.74 Å². The molecule has 144 valence electrons. The van der Waals surface area contributed by atoms with E-state index in [9.17, 15) is 4.79 Å². The van der Waals surface area contributed by atoms with E-state index in [0.29, 0.717) is 6.61 Å². The van der Waals surface area contributed by atoms with E-state index in [4.69, 9.17) is 9.72 Å². The number of benzene rings is 2. The van der Waals surface area contributed by atoms with Crippen molar-refractivity contribution in [3.05, 3.63) is 60.2 Å². The van der Waals surface area contributed by atoms with Crippen LogP contribution in [-0.4, -0.2) is 35.0 Å². The van der Waals surface area contributed by atoms with Gasteiger partial charge in [-0.1, -0.05) is 18.2 Å². The molecule has 1 aliphatic heterocycles. The minimum atomic E-state index is 0.109. The van der Waals surface area contributed by atoms with E-state index in [0.717, 1.165) is 52.9 Å². The summed E-state index contributed by atoms with van der Waals surface area (Å²) in [6.07, 6.45) is 3.34. The Kier molecular flexibility index (Phi) is 5.29. The number of rotatable bonds is 4. The van der Waals surface area contributed by atoms with Crippen LogP contribution in [0.25, 0.3) is 22.2 Å². The second kappa shape index (κ2) is 8.01. The van der Waals surface area contributed by atoms with Gasteiger partial charge in [0.15, 0.2) is 0 Å². The number of piperidine rings is 1. The lowest BCUT2D eigenvalue weighted by Crippen LogP contribution is -2.42. The summed E-state index contributed by atoms with van der Waals surface area (Å²) in [4.78, 5) is 20.3. The summed E-state index contributed by atoms with van der Waals surface area (Å²) in [5.74, 6) is 0.948. The highest BCUT2D eigenvalue weighted by molar-refractivity contribution is 6.07. The monoisotopic (exact) mass is 374 g/mol. The molecule has 0 saturated carbocycles. The van der Waals surface area contributed by atoms with Crippen molar-refractivity contribution in [2.45, 2.75) is 39.2 Å². The topological polar surface area (TPSA) is 42.4 Å². The summed E-state index contributed by atoms with van der Waals surface area (Å²) in [5.41, 5.74) is 3.38. The molecule has 28 heavy (non-hydrogen) atoms. The van der Waals surface area contributed by atoms with Gasteiger partial charge in [-0.15, -0.1) is 0 Å². The number of ether oxygens (including phenoxy) is 1. The first-order valence-electron chi connectivity index (χ1n) is 10.1. The highest BCUT2D eigenvalue weighted by Gasteiger charge is 2.26. The van der Waals surface area contributed by atoms with E-state index in [1.807, 2.05) is 66.4 Å². The minimum absolute atomic E-state index is 0.109. The summed E-state index contributed by atoms with van der Waals surface area (Å²) in [7, 11) is 0. The molecule has 1 amide bonds. The van der Waals surface area contributed by atoms with Crippen molar-refractivity contribution in [3.63, 3.8) is 0 Å². The van der Waals surface area contributed by atoms with Gasteiger partial charge in [-0.3, -0.25) is 4.79 Å². The number of hydrogen-bond acceptors (Lipinski definition) is 3. The molecule has 4 heteroatoms. The van der Waals surface area contributed by atoms with Gasteiger partial charge in [-0.25, -0.2) is 4.98 Å². The zero-order chi connectivity index (χ0) is 19.5. The van der Waals surface area contributed by atoms with Crippen molar-refractivity contribution in [1.29, 1.82) is 0 Å². The molecule has 1 aromatic heterocycles. The fraction of sp³-hybridized carbons (Fsp3) is 0.333. The summed E-state index contributed by atoms with van der Waals surface area (Å²) in [5, 5.41) is 0.917. The molecule has 0 N–H and O–H groups in total. The number of likely N-dealkylation sites (tertiary alicyclic amines) is 1. The Balaban J connectivity index is 1.78. The van der Waals surface area contributed by atoms with Gasteiger partial charge >= 0.3 is 0 Å². The fourth-order valence-electron chi connectivity index (χ4n) is 3.94. The van der Waals surface area contributed by atoms with Gasteiger partial charge in [0.1, 0.15) is 5.75 Å². The van der Waals surface area contributed by atoms with Gasteiger partial charge < -0.3 is 9.64 Å². The molecule has 2 aromatic carbocycles. The molecule has 0 bridgehead atoms. The fourth-order valence-corrected chi connectivity index (χ4v) is 3.94. The lowest BCUT2D eigenvalue weighted by Gasteiger charge is -2.33. The normalized spacial score (nSPS) is 16.9. The molecular formula is C24H26N2O2. The first-order chi connectivity index (χ1) is 13.7. The highest BCUT2D eigenvalue weighted by atomic mass is 16.5. The first kappa shape index (κ1) is 18.5. The molecule has 1 fully saturated rings. The summed E-state index contributed by atoms with van der Waals surface area (Å²) in [6.45, 7) is 5.58. The van der Waals surface area contributed by atoms with Crippen LogP contribution in [0.4, 0.5) is 0 Å². The summed E-state index contributed by atoms with van der Waals surface area (Å²) < 4.78 is 5.54. The third kappa shape index (κ3) is 3.59. The van der Waals surface area contributed by atoms with Gasteiger partial charge in [-0.05, 0) is 69.5 Å². The third-order valence-corrected chi connectivity index (χ3v) is 5.47. The van der Waals surface area contributed by atoms with Crippen molar-refractivity contribution in [2.75, 3.05) is 13.2 Å². The molecule has 3 aromatic rings. The molecule has 0 unspecified atom stereocenters. The molecular weight excluding hydrogens is 348 g/mol. The Labute approximate surface area is 166 Å². The molecule has 4 nitrogen and oxygen atoms in total. The number of amides is 1. The molecule has 1 saturated heterocycles. The number of fused-ring (bicyclic) bond motifs is 1. The van der Waals surface area contributed by atoms with Crippen LogP contribution in [0, 0.1) is 0 Å². The molecule has 0 radical (unpaired) electrons. The molecule has 4 rings (SSSR count). The van der Waals surface area contributed by atoms with E-state index in [2.05, 4.69) is 6.92 Å². The summed E-state index contributed by atoms with van der Waals surface area (Å²) >= 11 is 0. The van der Waals surface area contributed by atoms with Crippen molar-refractivity contribution >= 4 is 16.8 Å². The number of hydrogen-bond donors (Lipinski definition) is 0. The number of nitrogens with zero attached hydrogens (tertiary/aromatic N) is 2. The van der Waals surface area contributed by atoms with E-state index in [1.54, 1.807) is 0 Å². The summed E-state index contributed by atoms with van der Waals surface area (Å²) in [6, 6.07) is 18.0. The van der Waals surface area contributed by atoms with E-state index < -0.39 is 0 Å². The number of aromatic nitrogens is 1. The molecule has 1 aliphatic rings. The quantitative estimate of drug-likeness (QED) is 0.621. The third-order valence-electron chi connectivity index (χ3n) is 5.47. The average molecular weight is 374 g/mol. The Morgan fingerprint density at radius 3 is 2.68 bits per heavy atom. The maximum absolute atomic E-state index is 13.4. The maximum atomic E-state index is 13.4. The molecule has 0 aliphatic carbocycles. The van der Waals surface area contributed by atoms with Crippen molar-refractivity contribution in [3.8, 4) is 17.0 Å². The second-order valence-electron chi connectivity index (χ2n) is 7.37. The Morgan fingerprint density at radius 1 is 1.14 bits per heavy atom. The van der Waals surface area contributed by atoms with Crippen LogP contribution in [0.2, 0.25) is 0 Å². The van der Waals surface area contributed by atoms with Crippen LogP contribution in [0.15, 0.2) is 54.6 Å². The van der Waals surface area contributed by atoms with Gasteiger partial charge in [-0.2, -0.15) is 0 Å². The first-order valence-corrected chi connectivity index (χ1v) is 10.1. The van der Waals surface area contributed by atoms with E-state index >= 15 is 0 Å². The largest absolute Gasteiger partial charge is 0.494 e. The van der Waals surface area contributed by atoms with Gasteiger partial charge in [0, 0.05) is 23.5 Å². The van der Waals surface area contributed by atoms with Crippen molar-refractivity contribution in [2.24, 2.45) is 0 Å². The maximum Gasteiger partial charge on any atom is 0.254 e. The number of carbonyl (C=O) groups excluding carboxylic acids is 1. The Bertz CT molecular complexity index is 982. The zero-order valence-corrected chi connectivity index (χ0v) is 16.5. The second-order valence-corrected chi connectivity index (χ2v) is 7.37. The smallest absolute Gasteiger partial charge is 0.254 e. The van der Waals surface area contributed by atoms with E-state index in [1.165, 1.54) is 6.42 Å². The van der Waals surface area contributed by atoms with Gasteiger partial charge in [0.25, 0.3) is 5.91 Å². The lowest BCUT2D eigenvalue weighted by atomic mass is 9.99. The number of para-hydroxylation sites is 1. The Morgan fingerprint density at radius 2 is 1.93 bits per heavy atom. The minimum Gasteiger partial charge on any atom is -0.494 e. The van der Waals surface area contributed by atoms with E-state index in [-0.39, 0.29) is 11.9 Å². The number of pyridine rings is 1. The average Bonchev–Trinajstić information content (AvgIpc) is 2.73. The predicted molar refractivity (Wildman–Crippen MR) is 113 cm³/mol. The lowest BCUT2D eigenvalue weighted by molar-refractivity contribution is 0.0637. The SMILES string of the molecule is CCOc1ccc(-c2cc(C(=O)N3CCCC[C@@H]3C)c3ccccc3n2)cc1. The molecule has 2 heterocycles. The highest BCUT2D eigenvalue weighted by Crippen LogP contribution is 2.28. The van der Waals surface area contributed by atoms with Gasteiger partial charge in [0.2, 0.25) is 0 Å². The van der Waals surface area contributed by atoms with Crippen LogP contribution in [0.3, 0.4) is 0 Å². The predicted octanol–water partition coefficient (Wildman–Crippen LogP) is 5.32. The van der Waals surface area contributed by atoms with Crippen LogP contribution in [0.5, 0.6) is 5.75 Å². The van der Waals surface area contributed by atoms with Crippen molar-refractivity contribution < 1.29 is 9.53 Å². The molecule has 0 spiro atoms. The Hall–Kier alpha value is -2.88. The molecule has 1 atom stereocenters. The van der Waals surface area contributed by atoms with Crippen molar-refractivity contribution in [1.82, 2.24) is 9.88 Å². The number of carbonyl (C=O) groups is 1. The zero-order valence-electron chi connectivity index (χ0n) is 16.5.